The quantitative estimate of drug-likeness (QED) is 0.358. The largest absolute Gasteiger partial charge is 0.462 e. The molecule has 3 nitrogen and oxygen atoms in total. The van der Waals surface area contributed by atoms with Gasteiger partial charge in [0.1, 0.15) is 11.6 Å². The number of nitrogens with zero attached hydrogens (tertiary/aromatic N) is 1. The number of carbonyl (C=O) groups is 1. The van der Waals surface area contributed by atoms with Gasteiger partial charge in [-0.1, -0.05) is 48.0 Å². The van der Waals surface area contributed by atoms with Crippen molar-refractivity contribution in [2.75, 3.05) is 6.61 Å². The van der Waals surface area contributed by atoms with Crippen molar-refractivity contribution in [2.24, 2.45) is 0 Å². The molecule has 0 N–H and O–H groups in total. The van der Waals surface area contributed by atoms with Crippen LogP contribution in [0.2, 0.25) is 0 Å². The summed E-state index contributed by atoms with van der Waals surface area (Å²) < 4.78 is 4.74. The molecule has 1 rings (SSSR count). The Morgan fingerprint density at radius 3 is 2.65 bits per heavy atom. The lowest BCUT2D eigenvalue weighted by Crippen LogP contribution is -2.05. The third kappa shape index (κ3) is 5.55. The van der Waals surface area contributed by atoms with E-state index in [1.54, 1.807) is 19.1 Å². The van der Waals surface area contributed by atoms with E-state index in [0.29, 0.717) is 5.03 Å². The minimum atomic E-state index is -0.650. The summed E-state index contributed by atoms with van der Waals surface area (Å²) in [5, 5.41) is 9.24. The predicted octanol–water partition coefficient (Wildman–Crippen LogP) is 3.84. The van der Waals surface area contributed by atoms with Gasteiger partial charge in [-0.05, 0) is 30.7 Å². The maximum atomic E-state index is 11.4. The lowest BCUT2D eigenvalue weighted by Gasteiger charge is -1.97. The molecule has 0 saturated carbocycles. The summed E-state index contributed by atoms with van der Waals surface area (Å²) in [4.78, 5) is 11.4. The maximum absolute atomic E-state index is 11.4. The van der Waals surface area contributed by atoms with Crippen LogP contribution in [0.3, 0.4) is 0 Å². The predicted molar refractivity (Wildman–Crippen MR) is 79.7 cm³/mol. The monoisotopic (exact) mass is 287 g/mol. The van der Waals surface area contributed by atoms with Crippen LogP contribution >= 0.6 is 11.6 Å². The Kier molecular flexibility index (Phi) is 6.88. The molecule has 1 aromatic rings. The zero-order chi connectivity index (χ0) is 14.8. The summed E-state index contributed by atoms with van der Waals surface area (Å²) in [6.45, 7) is 1.90. The van der Waals surface area contributed by atoms with Crippen LogP contribution in [0.4, 0.5) is 0 Å². The molecule has 0 atom stereocenters. The Bertz CT molecular complexity index is 580. The van der Waals surface area contributed by atoms with Crippen LogP contribution in [0.1, 0.15) is 12.5 Å². The van der Waals surface area contributed by atoms with Crippen LogP contribution in [-0.4, -0.2) is 12.6 Å². The normalized spacial score (nSPS) is 12.2. The number of hydrogen-bond donors (Lipinski definition) is 0. The van der Waals surface area contributed by atoms with Gasteiger partial charge in [-0.25, -0.2) is 4.79 Å². The maximum Gasteiger partial charge on any atom is 0.348 e. The molecular formula is C16H14ClNO2. The van der Waals surface area contributed by atoms with Crippen molar-refractivity contribution in [1.82, 2.24) is 0 Å². The third-order valence-electron chi connectivity index (χ3n) is 2.26. The van der Waals surface area contributed by atoms with E-state index in [1.807, 2.05) is 36.4 Å². The summed E-state index contributed by atoms with van der Waals surface area (Å²) in [7, 11) is 0. The number of ether oxygens (including phenoxy) is 1. The van der Waals surface area contributed by atoms with Gasteiger partial charge in [0.25, 0.3) is 0 Å². The Morgan fingerprint density at radius 2 is 2.05 bits per heavy atom. The lowest BCUT2D eigenvalue weighted by molar-refractivity contribution is -0.138. The standard InChI is InChI=1S/C16H14ClNO2/c1-2-20-16(19)14(12-18)9-11-15(17)10-8-13-6-4-3-5-7-13/h3-11H,2H2,1H3. The van der Waals surface area contributed by atoms with Gasteiger partial charge in [0.15, 0.2) is 0 Å². The van der Waals surface area contributed by atoms with Gasteiger partial charge in [-0.2, -0.15) is 5.26 Å². The van der Waals surface area contributed by atoms with Crippen LogP contribution in [0.5, 0.6) is 0 Å². The summed E-state index contributed by atoms with van der Waals surface area (Å²) >= 11 is 5.98. The fourth-order valence-corrected chi connectivity index (χ4v) is 1.44. The van der Waals surface area contributed by atoms with E-state index in [2.05, 4.69) is 0 Å². The van der Waals surface area contributed by atoms with Gasteiger partial charge in [0, 0.05) is 5.03 Å². The zero-order valence-electron chi connectivity index (χ0n) is 11.0. The fraction of sp³-hybridized carbons (Fsp3) is 0.125. The van der Waals surface area contributed by atoms with E-state index in [0.717, 1.165) is 5.56 Å². The van der Waals surface area contributed by atoms with E-state index in [9.17, 15) is 4.79 Å². The molecule has 0 saturated heterocycles. The number of allylic oxidation sites excluding steroid dienone is 4. The molecule has 20 heavy (non-hydrogen) atoms. The lowest BCUT2D eigenvalue weighted by atomic mass is 10.2. The van der Waals surface area contributed by atoms with Crippen LogP contribution in [0, 0.1) is 11.3 Å². The molecule has 0 amide bonds. The zero-order valence-corrected chi connectivity index (χ0v) is 11.8. The van der Waals surface area contributed by atoms with Crippen LogP contribution < -0.4 is 0 Å². The van der Waals surface area contributed by atoms with Gasteiger partial charge in [-0.3, -0.25) is 0 Å². The van der Waals surface area contributed by atoms with Crippen LogP contribution in [0.15, 0.2) is 59.2 Å². The molecule has 0 bridgehead atoms. The number of halogens is 1. The molecule has 0 fully saturated rings. The topological polar surface area (TPSA) is 50.1 Å². The highest BCUT2D eigenvalue weighted by atomic mass is 35.5. The number of carbonyl (C=O) groups excluding carboxylic acids is 1. The minimum absolute atomic E-state index is 0.0851. The van der Waals surface area contributed by atoms with E-state index in [4.69, 9.17) is 21.6 Å². The van der Waals surface area contributed by atoms with Gasteiger partial charge >= 0.3 is 5.97 Å². The molecular weight excluding hydrogens is 274 g/mol. The Labute approximate surface area is 123 Å². The molecule has 0 aliphatic heterocycles. The second-order valence-corrected chi connectivity index (χ2v) is 4.14. The van der Waals surface area contributed by atoms with E-state index >= 15 is 0 Å². The van der Waals surface area contributed by atoms with E-state index in [1.165, 1.54) is 12.2 Å². The third-order valence-corrected chi connectivity index (χ3v) is 2.51. The average molecular weight is 288 g/mol. The molecule has 0 aromatic heterocycles. The van der Waals surface area contributed by atoms with Crippen molar-refractivity contribution in [3.8, 4) is 6.07 Å². The van der Waals surface area contributed by atoms with Gasteiger partial charge < -0.3 is 4.74 Å². The Hall–Kier alpha value is -2.31. The first-order valence-corrected chi connectivity index (χ1v) is 6.43. The Balaban J connectivity index is 2.76. The van der Waals surface area contributed by atoms with Crippen molar-refractivity contribution in [3.05, 3.63) is 64.7 Å². The minimum Gasteiger partial charge on any atom is -0.462 e. The highest BCUT2D eigenvalue weighted by molar-refractivity contribution is 6.31. The summed E-state index contributed by atoms with van der Waals surface area (Å²) in [6, 6.07) is 11.4. The van der Waals surface area contributed by atoms with Gasteiger partial charge in [0.2, 0.25) is 0 Å². The average Bonchev–Trinajstić information content (AvgIpc) is 2.47. The molecule has 102 valence electrons. The van der Waals surface area contributed by atoms with E-state index in [-0.39, 0.29) is 12.2 Å². The SMILES string of the molecule is CCOC(=O)C(C#N)=CC=C(Cl)C=Cc1ccccc1. The number of benzene rings is 1. The highest BCUT2D eigenvalue weighted by Crippen LogP contribution is 2.09. The summed E-state index contributed by atoms with van der Waals surface area (Å²) in [6.07, 6.45) is 6.35. The first kappa shape index (κ1) is 15.7. The Morgan fingerprint density at radius 1 is 1.35 bits per heavy atom. The second-order valence-electron chi connectivity index (χ2n) is 3.71. The second kappa shape index (κ2) is 8.73. The van der Waals surface area contributed by atoms with Crippen molar-refractivity contribution in [1.29, 1.82) is 5.26 Å². The van der Waals surface area contributed by atoms with Gasteiger partial charge in [0.05, 0.1) is 6.61 Å². The summed E-state index contributed by atoms with van der Waals surface area (Å²) in [5.74, 6) is -0.650. The number of esters is 1. The van der Waals surface area contributed by atoms with Crippen molar-refractivity contribution >= 4 is 23.6 Å². The molecule has 0 heterocycles. The number of hydrogen-bond acceptors (Lipinski definition) is 3. The number of nitriles is 1. The molecule has 0 aliphatic carbocycles. The summed E-state index contributed by atoms with van der Waals surface area (Å²) in [5.41, 5.74) is 0.923. The molecule has 0 spiro atoms. The van der Waals surface area contributed by atoms with Crippen LogP contribution in [0.25, 0.3) is 6.08 Å². The van der Waals surface area contributed by atoms with Crippen molar-refractivity contribution in [2.45, 2.75) is 6.92 Å². The van der Waals surface area contributed by atoms with Gasteiger partial charge in [-0.15, -0.1) is 0 Å². The molecule has 4 heteroatoms. The van der Waals surface area contributed by atoms with Crippen molar-refractivity contribution in [3.63, 3.8) is 0 Å². The molecule has 1 aromatic carbocycles. The number of rotatable bonds is 5. The molecule has 0 radical (unpaired) electrons. The fourth-order valence-electron chi connectivity index (χ4n) is 1.32. The smallest absolute Gasteiger partial charge is 0.348 e. The first-order valence-electron chi connectivity index (χ1n) is 6.05. The first-order chi connectivity index (χ1) is 9.67. The van der Waals surface area contributed by atoms with Crippen LogP contribution in [-0.2, 0) is 9.53 Å². The highest BCUT2D eigenvalue weighted by Gasteiger charge is 2.07. The van der Waals surface area contributed by atoms with E-state index < -0.39 is 5.97 Å². The molecule has 0 unspecified atom stereocenters. The molecule has 0 aliphatic rings. The van der Waals surface area contributed by atoms with Crippen molar-refractivity contribution < 1.29 is 9.53 Å².